The first-order valence-corrected chi connectivity index (χ1v) is 14.1. The van der Waals surface area contributed by atoms with Crippen LogP contribution in [0.15, 0.2) is 106 Å². The lowest BCUT2D eigenvalue weighted by atomic mass is 10.0. The van der Waals surface area contributed by atoms with Crippen molar-refractivity contribution >= 4 is 61.4 Å². The fourth-order valence-corrected chi connectivity index (χ4v) is 5.60. The number of nitrogens with zero attached hydrogens (tertiary/aromatic N) is 2. The predicted molar refractivity (Wildman–Crippen MR) is 154 cm³/mol. The largest absolute Gasteiger partial charge is 0.358 e. The van der Waals surface area contributed by atoms with Crippen molar-refractivity contribution in [1.29, 1.82) is 0 Å². The summed E-state index contributed by atoms with van der Waals surface area (Å²) in [4.78, 5) is 16.2. The maximum absolute atomic E-state index is 13.0. The Labute approximate surface area is 235 Å². The summed E-state index contributed by atoms with van der Waals surface area (Å²) in [6, 6.07) is 25.3. The molecule has 1 aromatic heterocycles. The van der Waals surface area contributed by atoms with Crippen LogP contribution in [0, 0.1) is 6.92 Å². The molecule has 1 amide bonds. The number of carbonyl (C=O) groups excluding carboxylic acids is 1. The van der Waals surface area contributed by atoms with E-state index in [1.54, 1.807) is 42.5 Å². The fourth-order valence-electron chi connectivity index (χ4n) is 4.15. The SMILES string of the molecule is Cc1[nH]c2ccc(C(=O)NS(=O)(=O)c3ccc(N=Nc4ccccc4)cc3)cc2c1Cc1ccc(Cl)cc1Cl. The number of halogens is 2. The van der Waals surface area contributed by atoms with Crippen molar-refractivity contribution in [3.8, 4) is 0 Å². The van der Waals surface area contributed by atoms with Crippen LogP contribution >= 0.6 is 23.2 Å². The highest BCUT2D eigenvalue weighted by Gasteiger charge is 2.20. The molecular formula is C29H22Cl2N4O3S. The number of azo groups is 1. The molecular weight excluding hydrogens is 555 g/mol. The second-order valence-corrected chi connectivity index (χ2v) is 11.4. The molecule has 5 aromatic rings. The number of benzene rings is 4. The molecule has 0 atom stereocenters. The number of sulfonamides is 1. The number of hydrogen-bond acceptors (Lipinski definition) is 5. The quantitative estimate of drug-likeness (QED) is 0.192. The van der Waals surface area contributed by atoms with Crippen LogP contribution in [0.3, 0.4) is 0 Å². The Morgan fingerprint density at radius 2 is 1.56 bits per heavy atom. The Kier molecular flexibility index (Phi) is 7.52. The average molecular weight is 577 g/mol. The van der Waals surface area contributed by atoms with E-state index in [9.17, 15) is 13.2 Å². The van der Waals surface area contributed by atoms with E-state index in [4.69, 9.17) is 23.2 Å². The lowest BCUT2D eigenvalue weighted by molar-refractivity contribution is 0.0981. The van der Waals surface area contributed by atoms with Gasteiger partial charge in [-0.05, 0) is 84.8 Å². The molecule has 1 heterocycles. The molecule has 0 saturated carbocycles. The summed E-state index contributed by atoms with van der Waals surface area (Å²) >= 11 is 12.4. The number of amides is 1. The minimum Gasteiger partial charge on any atom is -0.358 e. The Hall–Kier alpha value is -3.98. The maximum Gasteiger partial charge on any atom is 0.265 e. The van der Waals surface area contributed by atoms with Gasteiger partial charge in [-0.15, -0.1) is 0 Å². The summed E-state index contributed by atoms with van der Waals surface area (Å²) in [5, 5.41) is 10.1. The van der Waals surface area contributed by atoms with Crippen molar-refractivity contribution in [2.24, 2.45) is 10.2 Å². The van der Waals surface area contributed by atoms with Gasteiger partial charge in [0, 0.05) is 38.6 Å². The monoisotopic (exact) mass is 576 g/mol. The van der Waals surface area contributed by atoms with Crippen LogP contribution in [0.1, 0.15) is 27.2 Å². The lowest BCUT2D eigenvalue weighted by Gasteiger charge is -2.08. The number of aromatic amines is 1. The molecule has 0 aliphatic rings. The lowest BCUT2D eigenvalue weighted by Crippen LogP contribution is -2.30. The number of aryl methyl sites for hydroxylation is 1. The molecule has 0 aliphatic heterocycles. The third kappa shape index (κ3) is 6.04. The highest BCUT2D eigenvalue weighted by atomic mass is 35.5. The second kappa shape index (κ2) is 11.0. The Bertz CT molecular complexity index is 1820. The van der Waals surface area contributed by atoms with Gasteiger partial charge in [-0.2, -0.15) is 10.2 Å². The maximum atomic E-state index is 13.0. The van der Waals surface area contributed by atoms with Crippen molar-refractivity contribution in [2.75, 3.05) is 0 Å². The number of fused-ring (bicyclic) bond motifs is 1. The van der Waals surface area contributed by atoms with Gasteiger partial charge in [0.05, 0.1) is 16.3 Å². The van der Waals surface area contributed by atoms with Crippen LogP contribution in [-0.2, 0) is 16.4 Å². The van der Waals surface area contributed by atoms with E-state index >= 15 is 0 Å². The van der Waals surface area contributed by atoms with Gasteiger partial charge < -0.3 is 4.98 Å². The number of hydrogen-bond donors (Lipinski definition) is 2. The molecule has 0 bridgehead atoms. The van der Waals surface area contributed by atoms with E-state index in [0.717, 1.165) is 27.7 Å². The highest BCUT2D eigenvalue weighted by molar-refractivity contribution is 7.90. The van der Waals surface area contributed by atoms with E-state index in [2.05, 4.69) is 19.9 Å². The van der Waals surface area contributed by atoms with E-state index < -0.39 is 15.9 Å². The molecule has 0 fully saturated rings. The third-order valence-electron chi connectivity index (χ3n) is 6.18. The fraction of sp³-hybridized carbons (Fsp3) is 0.0690. The molecule has 0 radical (unpaired) electrons. The topological polar surface area (TPSA) is 104 Å². The Morgan fingerprint density at radius 3 is 2.26 bits per heavy atom. The summed E-state index contributed by atoms with van der Waals surface area (Å²) in [7, 11) is -4.12. The Balaban J connectivity index is 1.35. The van der Waals surface area contributed by atoms with E-state index in [-0.39, 0.29) is 10.5 Å². The molecule has 0 spiro atoms. The first-order valence-electron chi connectivity index (χ1n) is 11.9. The minimum atomic E-state index is -4.12. The van der Waals surface area contributed by atoms with Crippen LogP contribution in [0.4, 0.5) is 11.4 Å². The van der Waals surface area contributed by atoms with Crippen molar-refractivity contribution in [1.82, 2.24) is 9.71 Å². The number of H-pyrrole nitrogens is 1. The number of nitrogens with one attached hydrogen (secondary N) is 2. The molecule has 0 aliphatic carbocycles. The number of aromatic nitrogens is 1. The molecule has 39 heavy (non-hydrogen) atoms. The van der Waals surface area contributed by atoms with E-state index in [1.165, 1.54) is 24.3 Å². The van der Waals surface area contributed by atoms with Crippen LogP contribution in [-0.4, -0.2) is 19.3 Å². The molecule has 5 rings (SSSR count). The third-order valence-corrected chi connectivity index (χ3v) is 8.11. The summed E-state index contributed by atoms with van der Waals surface area (Å²) in [6.07, 6.45) is 0.513. The molecule has 2 N–H and O–H groups in total. The summed E-state index contributed by atoms with van der Waals surface area (Å²) in [5.74, 6) is -0.737. The van der Waals surface area contributed by atoms with Gasteiger partial charge in [0.25, 0.3) is 15.9 Å². The van der Waals surface area contributed by atoms with Crippen molar-refractivity contribution < 1.29 is 13.2 Å². The standard InChI is InChI=1S/C29H22Cl2N4O3S/c1-18-25(15-19-7-9-21(30)17-27(19)31)26-16-20(8-14-28(26)32-18)29(36)35-39(37,38)24-12-10-23(11-13-24)34-33-22-5-3-2-4-6-22/h2-14,16-17,32H,15H2,1H3,(H,35,36). The van der Waals surface area contributed by atoms with Gasteiger partial charge in [0.1, 0.15) is 0 Å². The number of carbonyl (C=O) groups is 1. The van der Waals surface area contributed by atoms with Crippen molar-refractivity contribution in [3.05, 3.63) is 123 Å². The summed E-state index contributed by atoms with van der Waals surface area (Å²) in [6.45, 7) is 1.94. The van der Waals surface area contributed by atoms with Crippen molar-refractivity contribution in [2.45, 2.75) is 18.2 Å². The minimum absolute atomic E-state index is 0.0638. The van der Waals surface area contributed by atoms with Gasteiger partial charge >= 0.3 is 0 Å². The van der Waals surface area contributed by atoms with E-state index in [0.29, 0.717) is 27.8 Å². The van der Waals surface area contributed by atoms with Gasteiger partial charge in [0.15, 0.2) is 0 Å². The van der Waals surface area contributed by atoms with Gasteiger partial charge in [0.2, 0.25) is 0 Å². The number of rotatable bonds is 7. The molecule has 196 valence electrons. The zero-order valence-corrected chi connectivity index (χ0v) is 23.0. The summed E-state index contributed by atoms with van der Waals surface area (Å²) in [5.41, 5.74) is 4.95. The summed E-state index contributed by atoms with van der Waals surface area (Å²) < 4.78 is 28.0. The highest BCUT2D eigenvalue weighted by Crippen LogP contribution is 2.30. The van der Waals surface area contributed by atoms with Crippen LogP contribution < -0.4 is 4.72 Å². The van der Waals surface area contributed by atoms with Crippen LogP contribution in [0.5, 0.6) is 0 Å². The molecule has 10 heteroatoms. The molecule has 4 aromatic carbocycles. The normalized spacial score (nSPS) is 11.8. The molecule has 0 unspecified atom stereocenters. The molecule has 0 saturated heterocycles. The average Bonchev–Trinajstić information content (AvgIpc) is 3.23. The predicted octanol–water partition coefficient (Wildman–Crippen LogP) is 7.91. The first-order chi connectivity index (χ1) is 18.7. The van der Waals surface area contributed by atoms with E-state index in [1.807, 2.05) is 31.2 Å². The second-order valence-electron chi connectivity index (χ2n) is 8.87. The van der Waals surface area contributed by atoms with Crippen LogP contribution in [0.2, 0.25) is 10.0 Å². The van der Waals surface area contributed by atoms with Crippen molar-refractivity contribution in [3.63, 3.8) is 0 Å². The molecule has 7 nitrogen and oxygen atoms in total. The Morgan fingerprint density at radius 1 is 0.872 bits per heavy atom. The van der Waals surface area contributed by atoms with Gasteiger partial charge in [-0.25, -0.2) is 13.1 Å². The van der Waals surface area contributed by atoms with Gasteiger partial charge in [-0.1, -0.05) is 47.5 Å². The zero-order chi connectivity index (χ0) is 27.6. The first kappa shape index (κ1) is 26.6. The zero-order valence-electron chi connectivity index (χ0n) is 20.7. The van der Waals surface area contributed by atoms with Gasteiger partial charge in [-0.3, -0.25) is 4.79 Å². The smallest absolute Gasteiger partial charge is 0.265 e. The van der Waals surface area contributed by atoms with Crippen LogP contribution in [0.25, 0.3) is 10.9 Å².